The summed E-state index contributed by atoms with van der Waals surface area (Å²) in [4.78, 5) is 4.25. The van der Waals surface area contributed by atoms with E-state index in [0.29, 0.717) is 0 Å². The lowest BCUT2D eigenvalue weighted by molar-refractivity contribution is 1.11. The van der Waals surface area contributed by atoms with E-state index < -0.39 is 0 Å². The minimum atomic E-state index is 0.793. The molecule has 1 aromatic carbocycles. The standard InChI is InChI=1S/C14H14N2/c15-13-9-7-12(8-10-13)4-3-6-14-5-1-2-11-16-14/h1-5,7-11H,6,15H2/b4-3+. The Kier molecular flexibility index (Phi) is 3.34. The van der Waals surface area contributed by atoms with Crippen molar-refractivity contribution in [1.29, 1.82) is 0 Å². The number of nitrogens with zero attached hydrogens (tertiary/aromatic N) is 1. The summed E-state index contributed by atoms with van der Waals surface area (Å²) in [5.41, 5.74) is 8.64. The number of pyridine rings is 1. The van der Waals surface area contributed by atoms with Crippen molar-refractivity contribution in [1.82, 2.24) is 4.98 Å². The molecule has 1 aromatic heterocycles. The van der Waals surface area contributed by atoms with Crippen LogP contribution in [0.1, 0.15) is 11.3 Å². The molecule has 0 fully saturated rings. The van der Waals surface area contributed by atoms with Gasteiger partial charge in [-0.05, 0) is 29.8 Å². The number of rotatable bonds is 3. The molecule has 0 aliphatic rings. The fourth-order valence-electron chi connectivity index (χ4n) is 1.44. The van der Waals surface area contributed by atoms with Gasteiger partial charge in [0.05, 0.1) is 0 Å². The highest BCUT2D eigenvalue weighted by atomic mass is 14.7. The third kappa shape index (κ3) is 2.95. The van der Waals surface area contributed by atoms with Crippen LogP contribution in [0.3, 0.4) is 0 Å². The summed E-state index contributed by atoms with van der Waals surface area (Å²) in [7, 11) is 0. The Bertz CT molecular complexity index is 458. The summed E-state index contributed by atoms with van der Waals surface area (Å²) >= 11 is 0. The molecule has 1 heterocycles. The van der Waals surface area contributed by atoms with Crippen molar-refractivity contribution in [3.05, 3.63) is 66.0 Å². The SMILES string of the molecule is Nc1ccc(/C=C/Cc2ccccn2)cc1. The fourth-order valence-corrected chi connectivity index (χ4v) is 1.44. The highest BCUT2D eigenvalue weighted by Crippen LogP contribution is 2.07. The van der Waals surface area contributed by atoms with Crippen LogP contribution < -0.4 is 5.73 Å². The maximum atomic E-state index is 5.61. The molecule has 0 aliphatic carbocycles. The maximum Gasteiger partial charge on any atom is 0.0441 e. The Morgan fingerprint density at radius 1 is 1.06 bits per heavy atom. The molecule has 0 aliphatic heterocycles. The number of anilines is 1. The minimum Gasteiger partial charge on any atom is -0.399 e. The molecule has 0 spiro atoms. The molecule has 0 radical (unpaired) electrons. The second kappa shape index (κ2) is 5.12. The third-order valence-electron chi connectivity index (χ3n) is 2.30. The summed E-state index contributed by atoms with van der Waals surface area (Å²) in [6.45, 7) is 0. The van der Waals surface area contributed by atoms with E-state index in [1.165, 1.54) is 0 Å². The van der Waals surface area contributed by atoms with E-state index in [-0.39, 0.29) is 0 Å². The molecule has 0 saturated carbocycles. The smallest absolute Gasteiger partial charge is 0.0441 e. The van der Waals surface area contributed by atoms with E-state index >= 15 is 0 Å². The molecule has 16 heavy (non-hydrogen) atoms. The van der Waals surface area contributed by atoms with E-state index in [9.17, 15) is 0 Å². The van der Waals surface area contributed by atoms with E-state index in [2.05, 4.69) is 17.1 Å². The van der Waals surface area contributed by atoms with Crippen LogP contribution in [0, 0.1) is 0 Å². The second-order valence-electron chi connectivity index (χ2n) is 3.59. The fraction of sp³-hybridized carbons (Fsp3) is 0.0714. The van der Waals surface area contributed by atoms with Crippen molar-refractivity contribution in [2.24, 2.45) is 0 Å². The molecule has 0 unspecified atom stereocenters. The van der Waals surface area contributed by atoms with Gasteiger partial charge in [-0.15, -0.1) is 0 Å². The zero-order valence-corrected chi connectivity index (χ0v) is 9.01. The summed E-state index contributed by atoms with van der Waals surface area (Å²) in [5, 5.41) is 0. The van der Waals surface area contributed by atoms with Gasteiger partial charge in [-0.1, -0.05) is 30.4 Å². The number of benzene rings is 1. The number of nitrogens with two attached hydrogens (primary N) is 1. The molecular formula is C14H14N2. The predicted molar refractivity (Wildman–Crippen MR) is 67.8 cm³/mol. The molecule has 2 rings (SSSR count). The highest BCUT2D eigenvalue weighted by molar-refractivity contribution is 5.53. The molecule has 0 saturated heterocycles. The van der Waals surface area contributed by atoms with Gasteiger partial charge in [0.25, 0.3) is 0 Å². The largest absolute Gasteiger partial charge is 0.399 e. The van der Waals surface area contributed by atoms with Gasteiger partial charge in [-0.3, -0.25) is 4.98 Å². The van der Waals surface area contributed by atoms with Crippen LogP contribution in [-0.2, 0) is 6.42 Å². The quantitative estimate of drug-likeness (QED) is 0.791. The Morgan fingerprint density at radius 2 is 1.88 bits per heavy atom. The van der Waals surface area contributed by atoms with Crippen LogP contribution in [0.4, 0.5) is 5.69 Å². The van der Waals surface area contributed by atoms with Crippen molar-refractivity contribution in [2.45, 2.75) is 6.42 Å². The maximum absolute atomic E-state index is 5.61. The molecule has 2 N–H and O–H groups in total. The van der Waals surface area contributed by atoms with E-state index in [4.69, 9.17) is 5.73 Å². The first-order valence-corrected chi connectivity index (χ1v) is 5.26. The van der Waals surface area contributed by atoms with Crippen molar-refractivity contribution in [3.63, 3.8) is 0 Å². The van der Waals surface area contributed by atoms with Crippen molar-refractivity contribution in [3.8, 4) is 0 Å². The topological polar surface area (TPSA) is 38.9 Å². The minimum absolute atomic E-state index is 0.793. The van der Waals surface area contributed by atoms with Crippen LogP contribution in [-0.4, -0.2) is 4.98 Å². The van der Waals surface area contributed by atoms with Crippen LogP contribution in [0.2, 0.25) is 0 Å². The van der Waals surface area contributed by atoms with E-state index in [0.717, 1.165) is 23.4 Å². The zero-order valence-electron chi connectivity index (χ0n) is 9.01. The van der Waals surface area contributed by atoms with Gasteiger partial charge in [-0.2, -0.15) is 0 Å². The first-order chi connectivity index (χ1) is 7.84. The first kappa shape index (κ1) is 10.4. The Labute approximate surface area is 95.5 Å². The van der Waals surface area contributed by atoms with Gasteiger partial charge in [0.15, 0.2) is 0 Å². The van der Waals surface area contributed by atoms with Gasteiger partial charge >= 0.3 is 0 Å². The Balaban J connectivity index is 1.98. The first-order valence-electron chi connectivity index (χ1n) is 5.26. The average molecular weight is 210 g/mol. The Hall–Kier alpha value is -2.09. The highest BCUT2D eigenvalue weighted by Gasteiger charge is 1.89. The lowest BCUT2D eigenvalue weighted by atomic mass is 10.1. The summed E-state index contributed by atoms with van der Waals surface area (Å²) in [6.07, 6.45) is 6.85. The van der Waals surface area contributed by atoms with Gasteiger partial charge in [0.1, 0.15) is 0 Å². The van der Waals surface area contributed by atoms with Gasteiger partial charge in [0, 0.05) is 24.0 Å². The zero-order chi connectivity index (χ0) is 11.2. The summed E-state index contributed by atoms with van der Waals surface area (Å²) in [5.74, 6) is 0. The number of nitrogen functional groups attached to an aromatic ring is 1. The van der Waals surface area contributed by atoms with E-state index in [1.807, 2.05) is 48.7 Å². The molecule has 2 heteroatoms. The van der Waals surface area contributed by atoms with Crippen LogP contribution >= 0.6 is 0 Å². The van der Waals surface area contributed by atoms with Crippen LogP contribution in [0.25, 0.3) is 6.08 Å². The number of aromatic nitrogens is 1. The van der Waals surface area contributed by atoms with Crippen molar-refractivity contribution in [2.75, 3.05) is 5.73 Å². The van der Waals surface area contributed by atoms with Crippen molar-refractivity contribution >= 4 is 11.8 Å². The number of hydrogen-bond acceptors (Lipinski definition) is 2. The third-order valence-corrected chi connectivity index (χ3v) is 2.30. The average Bonchev–Trinajstić information content (AvgIpc) is 2.33. The van der Waals surface area contributed by atoms with Gasteiger partial charge in [0.2, 0.25) is 0 Å². The number of allylic oxidation sites excluding steroid dienone is 1. The summed E-state index contributed by atoms with van der Waals surface area (Å²) < 4.78 is 0. The van der Waals surface area contributed by atoms with Gasteiger partial charge < -0.3 is 5.73 Å². The monoisotopic (exact) mass is 210 g/mol. The van der Waals surface area contributed by atoms with Crippen LogP contribution in [0.5, 0.6) is 0 Å². The van der Waals surface area contributed by atoms with Crippen LogP contribution in [0.15, 0.2) is 54.7 Å². The number of hydrogen-bond donors (Lipinski definition) is 1. The molecular weight excluding hydrogens is 196 g/mol. The lowest BCUT2D eigenvalue weighted by Gasteiger charge is -1.95. The van der Waals surface area contributed by atoms with E-state index in [1.54, 1.807) is 0 Å². The predicted octanol–water partition coefficient (Wildman–Crippen LogP) is 2.92. The van der Waals surface area contributed by atoms with Crippen molar-refractivity contribution < 1.29 is 0 Å². The Morgan fingerprint density at radius 3 is 2.56 bits per heavy atom. The lowest BCUT2D eigenvalue weighted by Crippen LogP contribution is -1.85. The normalized spacial score (nSPS) is 10.8. The molecule has 0 bridgehead atoms. The van der Waals surface area contributed by atoms with Gasteiger partial charge in [-0.25, -0.2) is 0 Å². The summed E-state index contributed by atoms with van der Waals surface area (Å²) in [6, 6.07) is 13.8. The second-order valence-corrected chi connectivity index (χ2v) is 3.59. The molecule has 2 nitrogen and oxygen atoms in total. The molecule has 0 atom stereocenters. The molecule has 80 valence electrons. The molecule has 0 amide bonds. The molecule has 2 aromatic rings.